The summed E-state index contributed by atoms with van der Waals surface area (Å²) in [7, 11) is 0. The maximum Gasteiger partial charge on any atom is 0.413 e. The van der Waals surface area contributed by atoms with Crippen LogP contribution in [0.15, 0.2) is 10.5 Å². The van der Waals surface area contributed by atoms with Crippen molar-refractivity contribution in [2.45, 2.75) is 72.2 Å². The highest BCUT2D eigenvalue weighted by Crippen LogP contribution is 2.20. The Kier molecular flexibility index (Phi) is 7.30. The molecule has 0 spiro atoms. The number of rotatable bonds is 6. The number of anilines is 1. The Bertz CT molecular complexity index is 756. The summed E-state index contributed by atoms with van der Waals surface area (Å²) in [5.74, 6) is -0.625. The number of nitrogens with one attached hydrogen (secondary N) is 1. The fourth-order valence-electron chi connectivity index (χ4n) is 1.57. The Labute approximate surface area is 168 Å². The summed E-state index contributed by atoms with van der Waals surface area (Å²) in [6, 6.07) is 0. The number of hydrogen-bond donors (Lipinski definition) is 1. The number of aromatic nitrogens is 1. The van der Waals surface area contributed by atoms with Gasteiger partial charge in [0.15, 0.2) is 17.1 Å². The van der Waals surface area contributed by atoms with E-state index in [9.17, 15) is 14.4 Å². The molecule has 1 N–H and O–H groups in total. The van der Waals surface area contributed by atoms with Crippen molar-refractivity contribution in [3.63, 3.8) is 0 Å². The molecular formula is C18H27N3O6S. The van der Waals surface area contributed by atoms with Crippen LogP contribution in [0.5, 0.6) is 0 Å². The van der Waals surface area contributed by atoms with Gasteiger partial charge in [-0.15, -0.1) is 11.3 Å². The van der Waals surface area contributed by atoms with Gasteiger partial charge in [-0.25, -0.2) is 14.6 Å². The Balaban J connectivity index is 2.85. The van der Waals surface area contributed by atoms with Gasteiger partial charge < -0.3 is 14.3 Å². The van der Waals surface area contributed by atoms with Gasteiger partial charge >= 0.3 is 12.1 Å². The minimum Gasteiger partial charge on any atom is -0.457 e. The summed E-state index contributed by atoms with van der Waals surface area (Å²) in [5, 5.41) is 7.95. The van der Waals surface area contributed by atoms with Gasteiger partial charge in [0.2, 0.25) is 5.60 Å². The lowest BCUT2D eigenvalue weighted by Crippen LogP contribution is -2.40. The van der Waals surface area contributed by atoms with E-state index in [4.69, 9.17) is 14.3 Å². The molecule has 1 heterocycles. The van der Waals surface area contributed by atoms with E-state index >= 15 is 0 Å². The van der Waals surface area contributed by atoms with Crippen LogP contribution in [0.25, 0.3) is 0 Å². The largest absolute Gasteiger partial charge is 0.457 e. The molecule has 0 atom stereocenters. The highest BCUT2D eigenvalue weighted by atomic mass is 32.1. The summed E-state index contributed by atoms with van der Waals surface area (Å²) in [4.78, 5) is 44.7. The Morgan fingerprint density at radius 3 is 2.14 bits per heavy atom. The van der Waals surface area contributed by atoms with E-state index in [-0.39, 0.29) is 16.5 Å². The molecule has 0 unspecified atom stereocenters. The minimum absolute atomic E-state index is 0.134. The van der Waals surface area contributed by atoms with Crippen LogP contribution in [-0.4, -0.2) is 45.8 Å². The fraction of sp³-hybridized carbons (Fsp3) is 0.611. The van der Waals surface area contributed by atoms with Crippen molar-refractivity contribution in [2.75, 3.05) is 5.32 Å². The number of esters is 1. The lowest BCUT2D eigenvalue weighted by atomic mass is 10.1. The number of nitrogens with zero attached hydrogens (tertiary/aromatic N) is 2. The van der Waals surface area contributed by atoms with Gasteiger partial charge in [-0.3, -0.25) is 10.1 Å². The van der Waals surface area contributed by atoms with Crippen LogP contribution >= 0.6 is 11.3 Å². The van der Waals surface area contributed by atoms with E-state index in [2.05, 4.69) is 15.5 Å². The molecule has 9 nitrogen and oxygen atoms in total. The highest BCUT2D eigenvalue weighted by Gasteiger charge is 2.35. The molecule has 10 heteroatoms. The smallest absolute Gasteiger partial charge is 0.413 e. The number of carbonyl (C=O) groups excluding carboxylic acids is 3. The van der Waals surface area contributed by atoms with E-state index in [0.717, 1.165) is 11.3 Å². The minimum atomic E-state index is -1.41. The summed E-state index contributed by atoms with van der Waals surface area (Å²) in [6.45, 7) is 13.4. The number of thiazole rings is 1. The molecule has 156 valence electrons. The third-order valence-corrected chi connectivity index (χ3v) is 3.51. The van der Waals surface area contributed by atoms with Gasteiger partial charge in [-0.1, -0.05) is 5.16 Å². The molecule has 0 aliphatic rings. The van der Waals surface area contributed by atoms with Crippen molar-refractivity contribution in [3.05, 3.63) is 11.1 Å². The maximum absolute atomic E-state index is 12.2. The zero-order chi connectivity index (χ0) is 21.8. The molecule has 1 aromatic rings. The highest BCUT2D eigenvalue weighted by molar-refractivity contribution is 7.14. The number of hydrogen-bond acceptors (Lipinski definition) is 9. The molecule has 0 fully saturated rings. The summed E-state index contributed by atoms with van der Waals surface area (Å²) >= 11 is 1.09. The molecule has 0 saturated carbocycles. The van der Waals surface area contributed by atoms with Gasteiger partial charge in [0.1, 0.15) is 16.9 Å². The zero-order valence-electron chi connectivity index (χ0n) is 17.4. The van der Waals surface area contributed by atoms with Crippen molar-refractivity contribution >= 4 is 40.5 Å². The van der Waals surface area contributed by atoms with E-state index in [1.165, 1.54) is 19.2 Å². The molecule has 1 aromatic heterocycles. The molecule has 0 aliphatic carbocycles. The van der Waals surface area contributed by atoms with E-state index in [0.29, 0.717) is 6.29 Å². The molecule has 28 heavy (non-hydrogen) atoms. The van der Waals surface area contributed by atoms with Crippen LogP contribution in [0, 0.1) is 0 Å². The lowest BCUT2D eigenvalue weighted by molar-refractivity contribution is -0.179. The van der Waals surface area contributed by atoms with Crippen LogP contribution in [-0.2, 0) is 23.9 Å². The van der Waals surface area contributed by atoms with Crippen LogP contribution in [0.1, 0.15) is 61.1 Å². The molecule has 0 radical (unpaired) electrons. The van der Waals surface area contributed by atoms with Gasteiger partial charge in [-0.05, 0) is 55.4 Å². The van der Waals surface area contributed by atoms with Crippen LogP contribution in [0.4, 0.5) is 9.93 Å². The van der Waals surface area contributed by atoms with E-state index in [1.807, 2.05) is 0 Å². The van der Waals surface area contributed by atoms with Gasteiger partial charge in [0.05, 0.1) is 0 Å². The second kappa shape index (κ2) is 8.68. The number of amides is 1. The first-order valence-corrected chi connectivity index (χ1v) is 9.41. The van der Waals surface area contributed by atoms with Crippen molar-refractivity contribution in [2.24, 2.45) is 5.16 Å². The molecule has 0 bridgehead atoms. The molecule has 1 amide bonds. The first-order chi connectivity index (χ1) is 12.6. The van der Waals surface area contributed by atoms with Crippen LogP contribution in [0.2, 0.25) is 0 Å². The van der Waals surface area contributed by atoms with Crippen molar-refractivity contribution in [3.8, 4) is 0 Å². The average molecular weight is 413 g/mol. The van der Waals surface area contributed by atoms with E-state index < -0.39 is 28.9 Å². The first kappa shape index (κ1) is 23.5. The number of ether oxygens (including phenoxy) is 2. The fourth-order valence-corrected chi connectivity index (χ4v) is 2.26. The van der Waals surface area contributed by atoms with Crippen molar-refractivity contribution in [1.29, 1.82) is 0 Å². The molecule has 1 rings (SSSR count). The Morgan fingerprint density at radius 1 is 1.07 bits per heavy atom. The molecular weight excluding hydrogens is 386 g/mol. The van der Waals surface area contributed by atoms with Gasteiger partial charge in [0.25, 0.3) is 0 Å². The lowest BCUT2D eigenvalue weighted by Gasteiger charge is -2.26. The molecule has 0 aliphatic heterocycles. The third kappa shape index (κ3) is 8.03. The molecule has 0 aromatic carbocycles. The van der Waals surface area contributed by atoms with Gasteiger partial charge in [-0.2, -0.15) is 0 Å². The Morgan fingerprint density at radius 2 is 1.64 bits per heavy atom. The first-order valence-electron chi connectivity index (χ1n) is 8.54. The predicted octanol–water partition coefficient (Wildman–Crippen LogP) is 3.53. The third-order valence-electron chi connectivity index (χ3n) is 2.75. The SMILES string of the molecule is CC(C)(C)OC(=O)Nc1nc(C(C=O)=NOC(C)(C)C(=O)OC(C)(C)C)cs1. The standard InChI is InChI=1S/C18H27N3O6S/c1-16(2,3)25-13(23)18(7,8)27-21-11(9-22)12-10-28-14(19-12)20-15(24)26-17(4,5)6/h9-10H,1-8H3,(H,19,20,24). The Hall–Kier alpha value is -2.49. The van der Waals surface area contributed by atoms with Crippen LogP contribution in [0.3, 0.4) is 0 Å². The quantitative estimate of drug-likeness (QED) is 0.328. The summed E-state index contributed by atoms with van der Waals surface area (Å²) in [6.07, 6.45) is -0.224. The monoisotopic (exact) mass is 413 g/mol. The van der Waals surface area contributed by atoms with Crippen molar-refractivity contribution < 1.29 is 28.7 Å². The number of aldehydes is 1. The predicted molar refractivity (Wildman–Crippen MR) is 106 cm³/mol. The average Bonchev–Trinajstić information content (AvgIpc) is 2.92. The van der Waals surface area contributed by atoms with Crippen LogP contribution < -0.4 is 5.32 Å². The second-order valence-corrected chi connectivity index (χ2v) is 9.22. The second-order valence-electron chi connectivity index (χ2n) is 8.36. The van der Waals surface area contributed by atoms with Gasteiger partial charge in [0, 0.05) is 5.38 Å². The normalized spacial score (nSPS) is 12.9. The number of carbonyl (C=O) groups is 3. The maximum atomic E-state index is 12.2. The number of oxime groups is 1. The zero-order valence-corrected chi connectivity index (χ0v) is 18.2. The van der Waals surface area contributed by atoms with E-state index in [1.54, 1.807) is 41.5 Å². The summed E-state index contributed by atoms with van der Waals surface area (Å²) in [5.41, 5.74) is -2.70. The summed E-state index contributed by atoms with van der Waals surface area (Å²) < 4.78 is 10.4. The molecule has 0 saturated heterocycles. The topological polar surface area (TPSA) is 116 Å². The van der Waals surface area contributed by atoms with Crippen molar-refractivity contribution in [1.82, 2.24) is 4.98 Å².